The number of pyridine rings is 3. The Labute approximate surface area is 200 Å². The molecule has 0 spiro atoms. The first kappa shape index (κ1) is 17.8. The highest BCUT2D eigenvalue weighted by Crippen LogP contribution is 2.47. The first-order valence-corrected chi connectivity index (χ1v) is 12.0. The zero-order chi connectivity index (χ0) is 22.7. The number of fused-ring (bicyclic) bond motifs is 15. The lowest BCUT2D eigenvalue weighted by Crippen LogP contribution is -1.94. The molecule has 0 saturated heterocycles. The van der Waals surface area contributed by atoms with Crippen LogP contribution in [0, 0.1) is 0 Å². The Bertz CT molecular complexity index is 2070. The Balaban J connectivity index is 1.36. The van der Waals surface area contributed by atoms with Gasteiger partial charge in [0.2, 0.25) is 0 Å². The summed E-state index contributed by atoms with van der Waals surface area (Å²) >= 11 is 0. The van der Waals surface area contributed by atoms with Gasteiger partial charge in [-0.15, -0.1) is 0 Å². The molecule has 4 heteroatoms. The molecule has 0 atom stereocenters. The predicted molar refractivity (Wildman–Crippen MR) is 140 cm³/mol. The van der Waals surface area contributed by atoms with E-state index in [0.717, 1.165) is 51.5 Å². The van der Waals surface area contributed by atoms with Gasteiger partial charge in [-0.1, -0.05) is 36.4 Å². The number of benzene rings is 3. The number of hydrogen-bond donors (Lipinski definition) is 0. The van der Waals surface area contributed by atoms with Crippen LogP contribution in [-0.4, -0.2) is 19.4 Å². The summed E-state index contributed by atoms with van der Waals surface area (Å²) in [5.74, 6) is 0. The zero-order valence-corrected chi connectivity index (χ0v) is 18.8. The second kappa shape index (κ2) is 6.10. The third-order valence-electron chi connectivity index (χ3n) is 7.94. The van der Waals surface area contributed by atoms with Gasteiger partial charge in [0, 0.05) is 17.8 Å². The largest absolute Gasteiger partial charge is 0.289 e. The van der Waals surface area contributed by atoms with Gasteiger partial charge in [0.25, 0.3) is 0 Å². The molecular formula is C31H18N4. The van der Waals surface area contributed by atoms with Gasteiger partial charge in [-0.05, 0) is 93.7 Å². The Kier molecular flexibility index (Phi) is 3.11. The fraction of sp³-hybridized carbons (Fsp3) is 0.0645. The second-order valence-electron chi connectivity index (χ2n) is 9.67. The highest BCUT2D eigenvalue weighted by Gasteiger charge is 2.28. The topological polar surface area (TPSA) is 43.1 Å². The van der Waals surface area contributed by atoms with Gasteiger partial charge in [-0.25, -0.2) is 4.98 Å². The summed E-state index contributed by atoms with van der Waals surface area (Å²) in [6.45, 7) is 0. The molecule has 4 nitrogen and oxygen atoms in total. The molecule has 0 N–H and O–H groups in total. The number of nitrogens with zero attached hydrogens (tertiary/aromatic N) is 4. The van der Waals surface area contributed by atoms with Crippen molar-refractivity contribution in [1.82, 2.24) is 19.4 Å². The Hall–Kier alpha value is -4.57. The molecule has 0 bridgehead atoms. The molecule has 4 heterocycles. The minimum Gasteiger partial charge on any atom is -0.289 e. The molecule has 0 fully saturated rings. The maximum Gasteiger partial charge on any atom is 0.165 e. The fourth-order valence-corrected chi connectivity index (χ4v) is 6.45. The van der Waals surface area contributed by atoms with Crippen LogP contribution in [-0.2, 0) is 12.8 Å². The van der Waals surface area contributed by atoms with E-state index in [1.807, 2.05) is 24.5 Å². The third-order valence-corrected chi connectivity index (χ3v) is 7.94. The monoisotopic (exact) mass is 446 g/mol. The van der Waals surface area contributed by atoms with Crippen molar-refractivity contribution in [3.63, 3.8) is 0 Å². The lowest BCUT2D eigenvalue weighted by molar-refractivity contribution is 1.16. The highest BCUT2D eigenvalue weighted by atomic mass is 15.0. The summed E-state index contributed by atoms with van der Waals surface area (Å²) in [6, 6.07) is 26.3. The van der Waals surface area contributed by atoms with Crippen LogP contribution in [0.3, 0.4) is 0 Å². The molecule has 3 aromatic carbocycles. The van der Waals surface area contributed by atoms with E-state index in [0.29, 0.717) is 0 Å². The fourth-order valence-electron chi connectivity index (χ4n) is 6.45. The van der Waals surface area contributed by atoms with Crippen LogP contribution in [0.15, 0.2) is 85.2 Å². The van der Waals surface area contributed by atoms with Gasteiger partial charge in [-0.3, -0.25) is 14.4 Å². The van der Waals surface area contributed by atoms with Crippen LogP contribution in [0.5, 0.6) is 0 Å². The van der Waals surface area contributed by atoms with Crippen LogP contribution >= 0.6 is 0 Å². The SMILES string of the molecule is c1ccc2c(c1)Cc1c-2ccc2c1Cc1cc3nc4c5ncccc5c5ncccc5n4c3cc1-2. The van der Waals surface area contributed by atoms with Gasteiger partial charge in [-0.2, -0.15) is 0 Å². The molecule has 162 valence electrons. The molecule has 2 aliphatic carbocycles. The zero-order valence-electron chi connectivity index (χ0n) is 18.8. The van der Waals surface area contributed by atoms with Crippen LogP contribution in [0.4, 0.5) is 0 Å². The van der Waals surface area contributed by atoms with Gasteiger partial charge in [0.15, 0.2) is 5.65 Å². The summed E-state index contributed by atoms with van der Waals surface area (Å²) in [7, 11) is 0. The van der Waals surface area contributed by atoms with Crippen molar-refractivity contribution in [1.29, 1.82) is 0 Å². The highest BCUT2D eigenvalue weighted by molar-refractivity contribution is 6.10. The predicted octanol–water partition coefficient (Wildman–Crippen LogP) is 6.73. The van der Waals surface area contributed by atoms with E-state index in [1.54, 1.807) is 0 Å². The van der Waals surface area contributed by atoms with Crippen molar-refractivity contribution in [2.24, 2.45) is 0 Å². The maximum absolute atomic E-state index is 5.11. The average Bonchev–Trinajstić information content (AvgIpc) is 3.58. The number of rotatable bonds is 0. The van der Waals surface area contributed by atoms with E-state index in [9.17, 15) is 0 Å². The van der Waals surface area contributed by atoms with Crippen LogP contribution in [0.2, 0.25) is 0 Å². The van der Waals surface area contributed by atoms with E-state index in [4.69, 9.17) is 15.0 Å². The average molecular weight is 447 g/mol. The smallest absolute Gasteiger partial charge is 0.165 e. The molecule has 2 aliphatic rings. The molecule has 4 aromatic heterocycles. The van der Waals surface area contributed by atoms with E-state index < -0.39 is 0 Å². The van der Waals surface area contributed by atoms with Crippen molar-refractivity contribution >= 4 is 38.6 Å². The van der Waals surface area contributed by atoms with Gasteiger partial charge < -0.3 is 0 Å². The molecule has 0 radical (unpaired) electrons. The second-order valence-corrected chi connectivity index (χ2v) is 9.67. The normalized spacial score (nSPS) is 13.5. The molecule has 0 saturated carbocycles. The number of aromatic nitrogens is 4. The summed E-state index contributed by atoms with van der Waals surface area (Å²) in [4.78, 5) is 14.5. The summed E-state index contributed by atoms with van der Waals surface area (Å²) in [6.07, 6.45) is 5.68. The molecule has 0 aliphatic heterocycles. The Morgan fingerprint density at radius 2 is 1.37 bits per heavy atom. The van der Waals surface area contributed by atoms with Crippen molar-refractivity contribution < 1.29 is 0 Å². The van der Waals surface area contributed by atoms with Crippen molar-refractivity contribution in [2.45, 2.75) is 12.8 Å². The van der Waals surface area contributed by atoms with E-state index >= 15 is 0 Å². The van der Waals surface area contributed by atoms with Gasteiger partial charge >= 0.3 is 0 Å². The van der Waals surface area contributed by atoms with Crippen molar-refractivity contribution in [3.8, 4) is 22.3 Å². The minimum atomic E-state index is 0.893. The summed E-state index contributed by atoms with van der Waals surface area (Å²) in [5, 5.41) is 1.04. The molecule has 35 heavy (non-hydrogen) atoms. The first-order valence-electron chi connectivity index (χ1n) is 12.0. The summed E-state index contributed by atoms with van der Waals surface area (Å²) < 4.78 is 2.24. The first-order chi connectivity index (χ1) is 17.3. The van der Waals surface area contributed by atoms with Crippen LogP contribution in [0.1, 0.15) is 22.3 Å². The number of imidazole rings is 1. The molecule has 0 unspecified atom stereocenters. The maximum atomic E-state index is 5.11. The van der Waals surface area contributed by atoms with Crippen molar-refractivity contribution in [2.75, 3.05) is 0 Å². The van der Waals surface area contributed by atoms with E-state index in [-0.39, 0.29) is 0 Å². The lowest BCUT2D eigenvalue weighted by Gasteiger charge is -2.08. The molecule has 9 rings (SSSR count). The van der Waals surface area contributed by atoms with Crippen LogP contribution in [0.25, 0.3) is 60.9 Å². The van der Waals surface area contributed by atoms with Gasteiger partial charge in [0.1, 0.15) is 5.52 Å². The standard InChI is InChI=1S/C31H18N4/c1-2-6-19-17(5-1)13-24-20(19)9-10-21-23-16-28-26(15-18(23)14-25(21)24)34-31-30-22(7-3-11-33-30)29-27(35(28)31)8-4-12-32-29/h1-12,15-16H,13-14H2. The number of hydrogen-bond acceptors (Lipinski definition) is 3. The quantitative estimate of drug-likeness (QED) is 0.243. The Morgan fingerprint density at radius 3 is 2.29 bits per heavy atom. The van der Waals surface area contributed by atoms with Crippen molar-refractivity contribution in [3.05, 3.63) is 107 Å². The minimum absolute atomic E-state index is 0.893. The van der Waals surface area contributed by atoms with E-state index in [2.05, 4.69) is 65.1 Å². The molecule has 7 aromatic rings. The molecule has 0 amide bonds. The van der Waals surface area contributed by atoms with E-state index in [1.165, 1.54) is 44.5 Å². The lowest BCUT2D eigenvalue weighted by atomic mass is 9.96. The summed E-state index contributed by atoms with van der Waals surface area (Å²) in [5.41, 5.74) is 17.2. The van der Waals surface area contributed by atoms with Gasteiger partial charge in [0.05, 0.1) is 22.1 Å². The molecular weight excluding hydrogens is 428 g/mol. The van der Waals surface area contributed by atoms with Crippen LogP contribution < -0.4 is 0 Å². The Morgan fingerprint density at radius 1 is 0.600 bits per heavy atom. The third kappa shape index (κ3) is 2.15.